The van der Waals surface area contributed by atoms with Crippen LogP contribution in [0.4, 0.5) is 0 Å². The van der Waals surface area contributed by atoms with Gasteiger partial charge in [-0.05, 0) is 6.92 Å². The molecule has 0 fully saturated rings. The van der Waals surface area contributed by atoms with Crippen molar-refractivity contribution >= 4 is 11.9 Å². The van der Waals surface area contributed by atoms with E-state index in [1.165, 1.54) is 6.92 Å². The van der Waals surface area contributed by atoms with E-state index in [-0.39, 0.29) is 6.61 Å². The van der Waals surface area contributed by atoms with Crippen LogP contribution in [0.5, 0.6) is 0 Å². The lowest BCUT2D eigenvalue weighted by Gasteiger charge is -2.11. The number of carboxylic acid groups (broad SMARTS) is 1. The lowest BCUT2D eigenvalue weighted by Crippen LogP contribution is -2.41. The Labute approximate surface area is 64.3 Å². The molecule has 0 spiro atoms. The van der Waals surface area contributed by atoms with Crippen LogP contribution in [0.2, 0.25) is 0 Å². The third kappa shape index (κ3) is 4.32. The quantitative estimate of drug-likeness (QED) is 0.548. The molecule has 11 heavy (non-hydrogen) atoms. The first kappa shape index (κ1) is 9.90. The van der Waals surface area contributed by atoms with E-state index in [4.69, 9.17) is 5.11 Å². The Hall–Kier alpha value is -1.10. The fourth-order valence-corrected chi connectivity index (χ4v) is 0.526. The lowest BCUT2D eigenvalue weighted by molar-refractivity contribution is -0.155. The third-order valence-electron chi connectivity index (χ3n) is 0.892. The number of hydrogen-bond acceptors (Lipinski definition) is 3. The summed E-state index contributed by atoms with van der Waals surface area (Å²) in [5.41, 5.74) is 0. The van der Waals surface area contributed by atoms with Crippen molar-refractivity contribution in [3.63, 3.8) is 0 Å². The molecule has 0 bridgehead atoms. The van der Waals surface area contributed by atoms with Crippen molar-refractivity contribution in [1.29, 1.82) is 0 Å². The van der Waals surface area contributed by atoms with Gasteiger partial charge in [0.25, 0.3) is 0 Å². The molecule has 0 aliphatic carbocycles. The van der Waals surface area contributed by atoms with Crippen LogP contribution in [0.3, 0.4) is 0 Å². The minimum Gasteiger partial charge on any atom is -0.478 e. The number of amides is 1. The van der Waals surface area contributed by atoms with Gasteiger partial charge in [0.2, 0.25) is 12.1 Å². The molecule has 1 amide bonds. The highest BCUT2D eigenvalue weighted by atomic mass is 16.5. The molecule has 0 radical (unpaired) electrons. The molecule has 5 heteroatoms. The van der Waals surface area contributed by atoms with Crippen molar-refractivity contribution in [2.24, 2.45) is 0 Å². The Bertz CT molecular complexity index is 157. The van der Waals surface area contributed by atoms with E-state index in [0.717, 1.165) is 0 Å². The van der Waals surface area contributed by atoms with Gasteiger partial charge in [-0.1, -0.05) is 0 Å². The molecule has 2 N–H and O–H groups in total. The average Bonchev–Trinajstić information content (AvgIpc) is 1.86. The molecule has 0 aromatic heterocycles. The van der Waals surface area contributed by atoms with Gasteiger partial charge in [0.1, 0.15) is 0 Å². The summed E-state index contributed by atoms with van der Waals surface area (Å²) in [7, 11) is 0. The number of rotatable bonds is 4. The Morgan fingerprint density at radius 2 is 2.18 bits per heavy atom. The minimum absolute atomic E-state index is 0.247. The summed E-state index contributed by atoms with van der Waals surface area (Å²) < 4.78 is 4.68. The van der Waals surface area contributed by atoms with Gasteiger partial charge in [0, 0.05) is 13.5 Å². The van der Waals surface area contributed by atoms with E-state index < -0.39 is 18.1 Å². The maximum atomic E-state index is 10.4. The number of aliphatic carboxylic acids is 1. The predicted octanol–water partition coefficient (Wildman–Crippen LogP) is -0.430. The highest BCUT2D eigenvalue weighted by Crippen LogP contribution is 1.86. The summed E-state index contributed by atoms with van der Waals surface area (Å²) in [6.07, 6.45) is -1.22. The van der Waals surface area contributed by atoms with E-state index in [2.05, 4.69) is 10.1 Å². The Balaban J connectivity index is 3.89. The van der Waals surface area contributed by atoms with Gasteiger partial charge in [0.05, 0.1) is 0 Å². The van der Waals surface area contributed by atoms with Gasteiger partial charge in [0.15, 0.2) is 0 Å². The van der Waals surface area contributed by atoms with Crippen LogP contribution in [0.15, 0.2) is 0 Å². The summed E-state index contributed by atoms with van der Waals surface area (Å²) in [6.45, 7) is 3.13. The SMILES string of the molecule is CCO[C@@H](NC(C)=O)C(=O)O. The van der Waals surface area contributed by atoms with Crippen LogP contribution >= 0.6 is 0 Å². The molecule has 0 aromatic rings. The van der Waals surface area contributed by atoms with Crippen molar-refractivity contribution in [1.82, 2.24) is 5.32 Å². The molecular weight excluding hydrogens is 150 g/mol. The second-order valence-electron chi connectivity index (χ2n) is 1.87. The summed E-state index contributed by atoms with van der Waals surface area (Å²) >= 11 is 0. The number of carbonyl (C=O) groups excluding carboxylic acids is 1. The summed E-state index contributed by atoms with van der Waals surface area (Å²) in [5.74, 6) is -1.62. The maximum Gasteiger partial charge on any atom is 0.354 e. The Kier molecular flexibility index (Phi) is 4.21. The Morgan fingerprint density at radius 3 is 2.45 bits per heavy atom. The summed E-state index contributed by atoms with van der Waals surface area (Å²) in [6, 6.07) is 0. The topological polar surface area (TPSA) is 75.6 Å². The molecule has 0 unspecified atom stereocenters. The van der Waals surface area contributed by atoms with E-state index in [0.29, 0.717) is 0 Å². The zero-order chi connectivity index (χ0) is 8.85. The van der Waals surface area contributed by atoms with Gasteiger partial charge >= 0.3 is 5.97 Å². The van der Waals surface area contributed by atoms with Crippen molar-refractivity contribution < 1.29 is 19.4 Å². The predicted molar refractivity (Wildman–Crippen MR) is 36.9 cm³/mol. The minimum atomic E-state index is -1.22. The number of carboxylic acids is 1. The molecule has 0 heterocycles. The third-order valence-corrected chi connectivity index (χ3v) is 0.892. The Morgan fingerprint density at radius 1 is 1.64 bits per heavy atom. The van der Waals surface area contributed by atoms with Crippen LogP contribution in [-0.4, -0.2) is 29.8 Å². The summed E-state index contributed by atoms with van der Waals surface area (Å²) in [5, 5.41) is 10.5. The number of ether oxygens (including phenoxy) is 1. The highest BCUT2D eigenvalue weighted by molar-refractivity contribution is 5.80. The normalized spacial score (nSPS) is 12.2. The van der Waals surface area contributed by atoms with Crippen molar-refractivity contribution in [2.45, 2.75) is 20.1 Å². The van der Waals surface area contributed by atoms with Gasteiger partial charge in [-0.25, -0.2) is 4.79 Å². The van der Waals surface area contributed by atoms with Crippen LogP contribution in [-0.2, 0) is 14.3 Å². The lowest BCUT2D eigenvalue weighted by atomic mass is 10.5. The van der Waals surface area contributed by atoms with Gasteiger partial charge in [-0.3, -0.25) is 4.79 Å². The van der Waals surface area contributed by atoms with E-state index in [9.17, 15) is 9.59 Å². The first-order valence-electron chi connectivity index (χ1n) is 3.19. The second kappa shape index (κ2) is 4.68. The second-order valence-corrected chi connectivity index (χ2v) is 1.87. The van der Waals surface area contributed by atoms with Gasteiger partial charge in [-0.15, -0.1) is 0 Å². The molecular formula is C6H11NO4. The zero-order valence-electron chi connectivity index (χ0n) is 6.46. The van der Waals surface area contributed by atoms with Gasteiger partial charge < -0.3 is 15.2 Å². The van der Waals surface area contributed by atoms with E-state index >= 15 is 0 Å². The van der Waals surface area contributed by atoms with Crippen LogP contribution in [0, 0.1) is 0 Å². The smallest absolute Gasteiger partial charge is 0.354 e. The molecule has 0 aliphatic heterocycles. The van der Waals surface area contributed by atoms with E-state index in [1.54, 1.807) is 6.92 Å². The standard InChI is InChI=1S/C6H11NO4/c1-3-11-5(6(9)10)7-4(2)8/h5H,3H2,1-2H3,(H,7,8)(H,9,10)/t5-/m1/s1. The number of carbonyl (C=O) groups is 2. The van der Waals surface area contributed by atoms with Crippen LogP contribution < -0.4 is 5.32 Å². The molecule has 0 saturated carbocycles. The number of hydrogen-bond donors (Lipinski definition) is 2. The number of nitrogens with one attached hydrogen (secondary N) is 1. The fourth-order valence-electron chi connectivity index (χ4n) is 0.526. The molecule has 0 rings (SSSR count). The first-order chi connectivity index (χ1) is 5.07. The van der Waals surface area contributed by atoms with Crippen molar-refractivity contribution in [2.75, 3.05) is 6.61 Å². The van der Waals surface area contributed by atoms with Crippen LogP contribution in [0.25, 0.3) is 0 Å². The van der Waals surface area contributed by atoms with Crippen LogP contribution in [0.1, 0.15) is 13.8 Å². The molecule has 1 atom stereocenters. The molecule has 64 valence electrons. The maximum absolute atomic E-state index is 10.4. The monoisotopic (exact) mass is 161 g/mol. The largest absolute Gasteiger partial charge is 0.478 e. The van der Waals surface area contributed by atoms with Crippen molar-refractivity contribution in [3.8, 4) is 0 Å². The molecule has 0 aromatic carbocycles. The zero-order valence-corrected chi connectivity index (χ0v) is 6.46. The molecule has 0 aliphatic rings. The highest BCUT2D eigenvalue weighted by Gasteiger charge is 2.17. The van der Waals surface area contributed by atoms with Gasteiger partial charge in [-0.2, -0.15) is 0 Å². The van der Waals surface area contributed by atoms with Crippen molar-refractivity contribution in [3.05, 3.63) is 0 Å². The molecule has 5 nitrogen and oxygen atoms in total. The van der Waals surface area contributed by atoms with E-state index in [1.807, 2.05) is 0 Å². The molecule has 0 saturated heterocycles. The summed E-state index contributed by atoms with van der Waals surface area (Å²) in [4.78, 5) is 20.7. The first-order valence-corrected chi connectivity index (χ1v) is 3.19. The fraction of sp³-hybridized carbons (Fsp3) is 0.667. The average molecular weight is 161 g/mol.